The summed E-state index contributed by atoms with van der Waals surface area (Å²) in [5, 5.41) is 2.71. The molecule has 2 aromatic rings. The smallest absolute Gasteiger partial charge is 0.148 e. The largest absolute Gasteiger partial charge is 0.481 e. The lowest BCUT2D eigenvalue weighted by atomic mass is 10.2. The van der Waals surface area contributed by atoms with Crippen LogP contribution in [0.15, 0.2) is 48.5 Å². The lowest BCUT2D eigenvalue weighted by molar-refractivity contribution is 0.123. The van der Waals surface area contributed by atoms with E-state index in [1.165, 1.54) is 16.1 Å². The molecular formula is C21H25NO2Si. The van der Waals surface area contributed by atoms with Crippen LogP contribution in [0, 0.1) is 12.3 Å². The molecule has 1 aliphatic rings. The third-order valence-electron chi connectivity index (χ3n) is 4.79. The van der Waals surface area contributed by atoms with Crippen LogP contribution in [-0.2, 0) is 4.74 Å². The fourth-order valence-corrected chi connectivity index (χ4v) is 6.42. The van der Waals surface area contributed by atoms with E-state index in [1.807, 2.05) is 6.07 Å². The number of ether oxygens (including phenoxy) is 2. The molecule has 0 radical (unpaired) electrons. The van der Waals surface area contributed by atoms with Gasteiger partial charge in [0.15, 0.2) is 0 Å². The third kappa shape index (κ3) is 3.73. The maximum absolute atomic E-state index is 5.97. The molecule has 0 saturated carbocycles. The van der Waals surface area contributed by atoms with Crippen LogP contribution in [0.1, 0.15) is 0 Å². The first kappa shape index (κ1) is 17.6. The van der Waals surface area contributed by atoms with Gasteiger partial charge in [-0.1, -0.05) is 60.6 Å². The molecule has 25 heavy (non-hydrogen) atoms. The van der Waals surface area contributed by atoms with Crippen molar-refractivity contribution in [3.63, 3.8) is 0 Å². The Balaban J connectivity index is 2.12. The summed E-state index contributed by atoms with van der Waals surface area (Å²) >= 11 is 0. The van der Waals surface area contributed by atoms with Gasteiger partial charge in [-0.2, -0.15) is 0 Å². The van der Waals surface area contributed by atoms with Gasteiger partial charge in [-0.15, -0.1) is 6.42 Å². The van der Waals surface area contributed by atoms with Crippen molar-refractivity contribution in [1.82, 2.24) is 0 Å². The minimum absolute atomic E-state index is 0.291. The number of terminal acetylenes is 1. The summed E-state index contributed by atoms with van der Waals surface area (Å²) in [4.78, 5) is 2.42. The van der Waals surface area contributed by atoms with Gasteiger partial charge in [-0.3, -0.25) is 0 Å². The number of anilines is 1. The van der Waals surface area contributed by atoms with Crippen LogP contribution in [0.5, 0.6) is 5.75 Å². The van der Waals surface area contributed by atoms with Gasteiger partial charge in [-0.05, 0) is 12.1 Å². The number of hydrogen-bond donors (Lipinski definition) is 0. The molecule has 1 fully saturated rings. The fourth-order valence-electron chi connectivity index (χ4n) is 3.45. The van der Waals surface area contributed by atoms with E-state index in [9.17, 15) is 0 Å². The molecule has 0 bridgehead atoms. The number of morpholine rings is 1. The summed E-state index contributed by atoms with van der Waals surface area (Å²) in [7, 11) is -1.95. The van der Waals surface area contributed by atoms with Gasteiger partial charge in [0.25, 0.3) is 0 Å². The van der Waals surface area contributed by atoms with Crippen LogP contribution < -0.4 is 20.0 Å². The molecule has 1 heterocycles. The van der Waals surface area contributed by atoms with Gasteiger partial charge in [0, 0.05) is 24.0 Å². The van der Waals surface area contributed by atoms with Gasteiger partial charge in [0.1, 0.15) is 20.4 Å². The summed E-state index contributed by atoms with van der Waals surface area (Å²) in [5.41, 5.74) is 1.26. The van der Waals surface area contributed by atoms with Crippen molar-refractivity contribution in [2.45, 2.75) is 13.1 Å². The Labute approximate surface area is 151 Å². The molecular weight excluding hydrogens is 326 g/mol. The van der Waals surface area contributed by atoms with Crippen LogP contribution in [-0.4, -0.2) is 41.0 Å². The molecule has 4 heteroatoms. The highest BCUT2D eigenvalue weighted by molar-refractivity contribution is 7.01. The number of benzene rings is 2. The first-order chi connectivity index (χ1) is 12.1. The second kappa shape index (κ2) is 7.77. The van der Waals surface area contributed by atoms with Gasteiger partial charge in [0.05, 0.1) is 13.2 Å². The van der Waals surface area contributed by atoms with E-state index >= 15 is 0 Å². The highest BCUT2D eigenvalue weighted by atomic mass is 28.3. The molecule has 0 aromatic heterocycles. The second-order valence-electron chi connectivity index (χ2n) is 6.73. The molecule has 0 spiro atoms. The zero-order valence-electron chi connectivity index (χ0n) is 15.0. The molecule has 0 unspecified atom stereocenters. The minimum Gasteiger partial charge on any atom is -0.481 e. The molecule has 0 amide bonds. The molecule has 0 atom stereocenters. The SMILES string of the molecule is C#CCOc1cccc(N2CCOCC2)c1[Si](C)(C)c1ccccc1. The van der Waals surface area contributed by atoms with Gasteiger partial charge in [0.2, 0.25) is 0 Å². The van der Waals surface area contributed by atoms with E-state index < -0.39 is 8.07 Å². The Morgan fingerprint density at radius 3 is 2.48 bits per heavy atom. The van der Waals surface area contributed by atoms with Gasteiger partial charge >= 0.3 is 0 Å². The molecule has 3 nitrogen and oxygen atoms in total. The molecule has 1 aliphatic heterocycles. The topological polar surface area (TPSA) is 21.7 Å². The second-order valence-corrected chi connectivity index (χ2v) is 11.1. The van der Waals surface area contributed by atoms with Crippen molar-refractivity contribution in [2.24, 2.45) is 0 Å². The van der Waals surface area contributed by atoms with E-state index in [0.717, 1.165) is 32.1 Å². The summed E-state index contributed by atoms with van der Waals surface area (Å²) in [5.74, 6) is 3.51. The fraction of sp³-hybridized carbons (Fsp3) is 0.333. The predicted octanol–water partition coefficient (Wildman–Crippen LogP) is 2.36. The summed E-state index contributed by atoms with van der Waals surface area (Å²) in [6.45, 7) is 8.40. The lowest BCUT2D eigenvalue weighted by Gasteiger charge is -2.35. The molecule has 130 valence electrons. The van der Waals surface area contributed by atoms with E-state index in [-0.39, 0.29) is 0 Å². The summed E-state index contributed by atoms with van der Waals surface area (Å²) in [6, 6.07) is 17.1. The molecule has 2 aromatic carbocycles. The Kier molecular flexibility index (Phi) is 5.47. The average Bonchev–Trinajstić information content (AvgIpc) is 2.67. The third-order valence-corrected chi connectivity index (χ3v) is 8.32. The van der Waals surface area contributed by atoms with Gasteiger partial charge in [-0.25, -0.2) is 0 Å². The monoisotopic (exact) mass is 351 g/mol. The van der Waals surface area contributed by atoms with Crippen molar-refractivity contribution in [2.75, 3.05) is 37.8 Å². The maximum Gasteiger partial charge on any atom is 0.148 e. The van der Waals surface area contributed by atoms with E-state index in [0.29, 0.717) is 6.61 Å². The van der Waals surface area contributed by atoms with Crippen molar-refractivity contribution in [1.29, 1.82) is 0 Å². The van der Waals surface area contributed by atoms with Crippen molar-refractivity contribution >= 4 is 24.1 Å². The molecule has 0 N–H and O–H groups in total. The predicted molar refractivity (Wildman–Crippen MR) is 107 cm³/mol. The summed E-state index contributed by atoms with van der Waals surface area (Å²) in [6.07, 6.45) is 5.44. The first-order valence-corrected chi connectivity index (χ1v) is 11.7. The van der Waals surface area contributed by atoms with Gasteiger partial charge < -0.3 is 14.4 Å². The van der Waals surface area contributed by atoms with Crippen molar-refractivity contribution < 1.29 is 9.47 Å². The Bertz CT molecular complexity index is 746. The lowest BCUT2D eigenvalue weighted by Crippen LogP contribution is -2.55. The van der Waals surface area contributed by atoms with E-state index in [1.54, 1.807) is 0 Å². The quantitative estimate of drug-likeness (QED) is 0.610. The van der Waals surface area contributed by atoms with Crippen LogP contribution in [0.3, 0.4) is 0 Å². The van der Waals surface area contributed by atoms with E-state index in [4.69, 9.17) is 15.9 Å². The highest BCUT2D eigenvalue weighted by Gasteiger charge is 2.33. The van der Waals surface area contributed by atoms with Crippen LogP contribution in [0.2, 0.25) is 13.1 Å². The average molecular weight is 352 g/mol. The zero-order chi connectivity index (χ0) is 17.7. The standard InChI is InChI=1S/C21H25NO2Si/c1-4-15-24-20-12-8-11-19(22-13-16-23-17-14-22)21(20)25(2,3)18-9-6-5-7-10-18/h1,5-12H,13-17H2,2-3H3. The van der Waals surface area contributed by atoms with Crippen LogP contribution in [0.4, 0.5) is 5.69 Å². The normalized spacial score (nSPS) is 14.8. The Morgan fingerprint density at radius 1 is 1.08 bits per heavy atom. The van der Waals surface area contributed by atoms with Crippen LogP contribution >= 0.6 is 0 Å². The zero-order valence-corrected chi connectivity index (χ0v) is 16.0. The van der Waals surface area contributed by atoms with Crippen molar-refractivity contribution in [3.05, 3.63) is 48.5 Å². The number of rotatable bonds is 5. The molecule has 0 aliphatic carbocycles. The molecule has 1 saturated heterocycles. The van der Waals surface area contributed by atoms with Crippen LogP contribution in [0.25, 0.3) is 0 Å². The Morgan fingerprint density at radius 2 is 1.80 bits per heavy atom. The highest BCUT2D eigenvalue weighted by Crippen LogP contribution is 2.25. The number of nitrogens with zero attached hydrogens (tertiary/aromatic N) is 1. The first-order valence-electron chi connectivity index (χ1n) is 8.72. The van der Waals surface area contributed by atoms with Crippen molar-refractivity contribution in [3.8, 4) is 18.1 Å². The Hall–Kier alpha value is -2.22. The maximum atomic E-state index is 5.97. The minimum atomic E-state index is -1.95. The van der Waals surface area contributed by atoms with E-state index in [2.05, 4.69) is 66.4 Å². The molecule has 3 rings (SSSR count). The number of hydrogen-bond acceptors (Lipinski definition) is 3. The summed E-state index contributed by atoms with van der Waals surface area (Å²) < 4.78 is 11.5.